The molecule has 1 saturated heterocycles. The second-order valence-electron chi connectivity index (χ2n) is 9.31. The first-order valence-electron chi connectivity index (χ1n) is 10.1. The van der Waals surface area contributed by atoms with Crippen molar-refractivity contribution in [3.63, 3.8) is 0 Å². The van der Waals surface area contributed by atoms with Crippen molar-refractivity contribution in [1.82, 2.24) is 0 Å². The molecule has 3 saturated carbocycles. The van der Waals surface area contributed by atoms with E-state index in [0.29, 0.717) is 37.4 Å². The number of ether oxygens (including phenoxy) is 2. The average Bonchev–Trinajstić information content (AvgIpc) is 3.18. The molecule has 0 unspecified atom stereocenters. The summed E-state index contributed by atoms with van der Waals surface area (Å²) >= 11 is 0. The van der Waals surface area contributed by atoms with Gasteiger partial charge in [-0.05, 0) is 74.7 Å². The Hall–Kier alpha value is -0.890. The monoisotopic (exact) mass is 343 g/mol. The van der Waals surface area contributed by atoms with Crippen LogP contribution in [0.4, 0.5) is 0 Å². The van der Waals surface area contributed by atoms with Gasteiger partial charge in [-0.25, -0.2) is 0 Å². The number of aliphatic hydroxyl groups is 1. The second-order valence-corrected chi connectivity index (χ2v) is 9.31. The van der Waals surface area contributed by atoms with Crippen molar-refractivity contribution in [3.05, 3.63) is 11.6 Å². The molecule has 0 aromatic heterocycles. The van der Waals surface area contributed by atoms with Gasteiger partial charge in [0, 0.05) is 11.8 Å². The van der Waals surface area contributed by atoms with Crippen LogP contribution < -0.4 is 0 Å². The van der Waals surface area contributed by atoms with Crippen LogP contribution in [0.1, 0.15) is 58.3 Å². The minimum Gasteiger partial charge on any atom is -0.375 e. The van der Waals surface area contributed by atoms with Crippen LogP contribution in [0.25, 0.3) is 0 Å². The Kier molecular flexibility index (Phi) is 3.46. The van der Waals surface area contributed by atoms with Crippen LogP contribution >= 0.6 is 0 Å². The van der Waals surface area contributed by atoms with Crippen molar-refractivity contribution < 1.29 is 14.6 Å². The van der Waals surface area contributed by atoms with Gasteiger partial charge in [-0.1, -0.05) is 12.5 Å². The smallest absolute Gasteiger partial charge is 0.188 e. The maximum atomic E-state index is 10.9. The highest BCUT2D eigenvalue weighted by molar-refractivity contribution is 5.25. The SMILES string of the molecule is C[C@]12CC[C@H]3[C@@H](CCC4=CC5(CC[C@@H]43)OCCO5)[C@@H]1CC[C@]2(O)C#N. The third-order valence-corrected chi connectivity index (χ3v) is 8.57. The zero-order valence-electron chi connectivity index (χ0n) is 15.2. The Bertz CT molecular complexity index is 646. The van der Waals surface area contributed by atoms with Gasteiger partial charge in [-0.3, -0.25) is 0 Å². The molecule has 0 bridgehead atoms. The highest BCUT2D eigenvalue weighted by Crippen LogP contribution is 2.65. The predicted molar refractivity (Wildman–Crippen MR) is 92.3 cm³/mol. The Balaban J connectivity index is 1.43. The molecule has 1 spiro atoms. The summed E-state index contributed by atoms with van der Waals surface area (Å²) in [5.41, 5.74) is 0.241. The lowest BCUT2D eigenvalue weighted by molar-refractivity contribution is -0.137. The summed E-state index contributed by atoms with van der Waals surface area (Å²) in [6, 6.07) is 2.28. The molecule has 4 heteroatoms. The van der Waals surface area contributed by atoms with E-state index in [1.54, 1.807) is 5.57 Å². The standard InChI is InChI=1S/C21H29NO3/c1-19-7-4-16-15-5-9-21(24-10-11-25-21)12-14(15)2-3-17(16)18(19)6-8-20(19,23)13-22/h12,15-18,23H,2-11H2,1H3/t15-,16+,17+,18-,19-,20-/m0/s1. The third kappa shape index (κ3) is 2.10. The van der Waals surface area contributed by atoms with Gasteiger partial charge in [-0.2, -0.15) is 5.26 Å². The number of fused-ring (bicyclic) bond motifs is 5. The van der Waals surface area contributed by atoms with E-state index < -0.39 is 11.4 Å². The van der Waals surface area contributed by atoms with Gasteiger partial charge in [0.05, 0.1) is 19.3 Å². The molecule has 5 rings (SSSR count). The van der Waals surface area contributed by atoms with Crippen molar-refractivity contribution in [2.75, 3.05) is 13.2 Å². The average molecular weight is 343 g/mol. The number of rotatable bonds is 0. The number of nitrogens with zero attached hydrogens (tertiary/aromatic N) is 1. The summed E-state index contributed by atoms with van der Waals surface area (Å²) in [5.74, 6) is 2.14. The van der Waals surface area contributed by atoms with Gasteiger partial charge in [0.2, 0.25) is 0 Å². The van der Waals surface area contributed by atoms with Gasteiger partial charge in [0.15, 0.2) is 11.4 Å². The zero-order valence-corrected chi connectivity index (χ0v) is 15.2. The molecule has 1 N–H and O–H groups in total. The van der Waals surface area contributed by atoms with Crippen molar-refractivity contribution >= 4 is 0 Å². The molecule has 25 heavy (non-hydrogen) atoms. The Labute approximate surface area is 150 Å². The molecule has 6 atom stereocenters. The van der Waals surface area contributed by atoms with Crippen molar-refractivity contribution in [2.45, 2.75) is 69.7 Å². The fraction of sp³-hybridized carbons (Fsp3) is 0.857. The highest BCUT2D eigenvalue weighted by atomic mass is 16.7. The number of nitriles is 1. The summed E-state index contributed by atoms with van der Waals surface area (Å²) in [6.07, 6.45) is 10.6. The van der Waals surface area contributed by atoms with Crippen LogP contribution in [-0.2, 0) is 9.47 Å². The lowest BCUT2D eigenvalue weighted by Crippen LogP contribution is -2.52. The summed E-state index contributed by atoms with van der Waals surface area (Å²) in [7, 11) is 0. The van der Waals surface area contributed by atoms with Gasteiger partial charge in [0.1, 0.15) is 0 Å². The van der Waals surface area contributed by atoms with Gasteiger partial charge in [-0.15, -0.1) is 0 Å². The first-order chi connectivity index (χ1) is 12.0. The number of allylic oxidation sites excluding steroid dienone is 1. The van der Waals surface area contributed by atoms with Crippen LogP contribution in [0.5, 0.6) is 0 Å². The lowest BCUT2D eigenvalue weighted by Gasteiger charge is -2.55. The number of hydrogen-bond acceptors (Lipinski definition) is 4. The van der Waals surface area contributed by atoms with Gasteiger partial charge < -0.3 is 14.6 Å². The zero-order chi connectivity index (χ0) is 17.3. The molecule has 4 aliphatic carbocycles. The lowest BCUT2D eigenvalue weighted by atomic mass is 9.50. The molecular weight excluding hydrogens is 314 g/mol. The predicted octanol–water partition coefficient (Wildman–Crippen LogP) is 3.56. The van der Waals surface area contributed by atoms with Crippen molar-refractivity contribution in [1.29, 1.82) is 5.26 Å². The van der Waals surface area contributed by atoms with E-state index in [0.717, 1.165) is 38.0 Å². The minimum atomic E-state index is -1.11. The summed E-state index contributed by atoms with van der Waals surface area (Å²) < 4.78 is 11.9. The van der Waals surface area contributed by atoms with Crippen LogP contribution in [0.2, 0.25) is 0 Å². The molecule has 1 aliphatic heterocycles. The third-order valence-electron chi connectivity index (χ3n) is 8.57. The molecule has 136 valence electrons. The summed E-state index contributed by atoms with van der Waals surface area (Å²) in [6.45, 7) is 3.62. The van der Waals surface area contributed by atoms with E-state index in [-0.39, 0.29) is 5.41 Å². The molecule has 0 aromatic rings. The van der Waals surface area contributed by atoms with Crippen LogP contribution in [-0.4, -0.2) is 29.7 Å². The van der Waals surface area contributed by atoms with E-state index in [2.05, 4.69) is 19.1 Å². The van der Waals surface area contributed by atoms with E-state index in [1.807, 2.05) is 0 Å². The highest BCUT2D eigenvalue weighted by Gasteiger charge is 2.63. The molecular formula is C21H29NO3. The second kappa shape index (κ2) is 5.31. The summed E-state index contributed by atoms with van der Waals surface area (Å²) in [4.78, 5) is 0. The maximum Gasteiger partial charge on any atom is 0.188 e. The molecule has 5 aliphatic rings. The maximum absolute atomic E-state index is 10.9. The van der Waals surface area contributed by atoms with Crippen molar-refractivity contribution in [3.8, 4) is 6.07 Å². The molecule has 1 heterocycles. The summed E-state index contributed by atoms with van der Waals surface area (Å²) in [5, 5.41) is 20.5. The Morgan fingerprint density at radius 3 is 2.64 bits per heavy atom. The Morgan fingerprint density at radius 2 is 1.88 bits per heavy atom. The molecule has 0 amide bonds. The van der Waals surface area contributed by atoms with Gasteiger partial charge >= 0.3 is 0 Å². The molecule has 0 radical (unpaired) electrons. The van der Waals surface area contributed by atoms with E-state index >= 15 is 0 Å². The van der Waals surface area contributed by atoms with Crippen molar-refractivity contribution in [2.24, 2.45) is 29.1 Å². The molecule has 0 aromatic carbocycles. The van der Waals surface area contributed by atoms with Crippen LogP contribution in [0.3, 0.4) is 0 Å². The largest absolute Gasteiger partial charge is 0.375 e. The Morgan fingerprint density at radius 1 is 1.08 bits per heavy atom. The van der Waals surface area contributed by atoms with E-state index in [4.69, 9.17) is 9.47 Å². The van der Waals surface area contributed by atoms with Crippen LogP contribution in [0, 0.1) is 40.4 Å². The molecule has 4 fully saturated rings. The molecule has 4 nitrogen and oxygen atoms in total. The first-order valence-corrected chi connectivity index (χ1v) is 10.1. The van der Waals surface area contributed by atoms with E-state index in [9.17, 15) is 10.4 Å². The van der Waals surface area contributed by atoms with Crippen LogP contribution in [0.15, 0.2) is 11.6 Å². The van der Waals surface area contributed by atoms with Gasteiger partial charge in [0.25, 0.3) is 0 Å². The topological polar surface area (TPSA) is 62.5 Å². The fourth-order valence-corrected chi connectivity index (χ4v) is 7.21. The normalized spacial score (nSPS) is 50.5. The van der Waals surface area contributed by atoms with E-state index in [1.165, 1.54) is 12.8 Å². The fourth-order valence-electron chi connectivity index (χ4n) is 7.21. The number of hydrogen-bond donors (Lipinski definition) is 1. The minimum absolute atomic E-state index is 0.211. The first kappa shape index (κ1) is 16.3. The quantitative estimate of drug-likeness (QED) is 0.540.